The third kappa shape index (κ3) is 2.43. The van der Waals surface area contributed by atoms with Crippen molar-refractivity contribution < 1.29 is 14.7 Å². The Kier molecular flexibility index (Phi) is 3.71. The standard InChI is InChI=1S/C15H24N2O3/c1-10(18)14(19)16-4-6-17(7-5-16)15(20)13-9-11-2-3-12(13)8-11/h10-13,18H,2-9H2,1H3. The molecule has 2 saturated carbocycles. The Hall–Kier alpha value is -1.10. The van der Waals surface area contributed by atoms with E-state index in [0.717, 1.165) is 12.3 Å². The molecule has 1 aliphatic heterocycles. The lowest BCUT2D eigenvalue weighted by Crippen LogP contribution is -2.54. The summed E-state index contributed by atoms with van der Waals surface area (Å²) >= 11 is 0. The second-order valence-electron chi connectivity index (χ2n) is 6.61. The van der Waals surface area contributed by atoms with Gasteiger partial charge < -0.3 is 14.9 Å². The molecule has 2 bridgehead atoms. The number of nitrogens with zero attached hydrogens (tertiary/aromatic N) is 2. The summed E-state index contributed by atoms with van der Waals surface area (Å²) in [7, 11) is 0. The highest BCUT2D eigenvalue weighted by Gasteiger charge is 2.44. The Morgan fingerprint density at radius 3 is 2.20 bits per heavy atom. The van der Waals surface area contributed by atoms with Crippen molar-refractivity contribution in [2.75, 3.05) is 26.2 Å². The van der Waals surface area contributed by atoms with Gasteiger partial charge in [-0.3, -0.25) is 9.59 Å². The summed E-state index contributed by atoms with van der Waals surface area (Å²) < 4.78 is 0. The molecule has 0 aromatic heterocycles. The van der Waals surface area contributed by atoms with Gasteiger partial charge in [0.25, 0.3) is 5.91 Å². The van der Waals surface area contributed by atoms with Crippen molar-refractivity contribution in [2.24, 2.45) is 17.8 Å². The van der Waals surface area contributed by atoms with Gasteiger partial charge in [-0.25, -0.2) is 0 Å². The molecule has 2 aliphatic carbocycles. The molecule has 0 aromatic rings. The second kappa shape index (κ2) is 5.35. The fourth-order valence-corrected chi connectivity index (χ4v) is 4.19. The zero-order chi connectivity index (χ0) is 14.3. The molecule has 0 spiro atoms. The van der Waals surface area contributed by atoms with Gasteiger partial charge in [-0.05, 0) is 38.0 Å². The molecule has 3 rings (SSSR count). The lowest BCUT2D eigenvalue weighted by Gasteiger charge is -2.37. The number of aliphatic hydroxyl groups excluding tert-OH is 1. The first-order valence-corrected chi connectivity index (χ1v) is 7.82. The van der Waals surface area contributed by atoms with Crippen molar-refractivity contribution in [2.45, 2.75) is 38.7 Å². The molecular formula is C15H24N2O3. The molecule has 3 aliphatic rings. The van der Waals surface area contributed by atoms with E-state index in [4.69, 9.17) is 0 Å². The molecule has 1 saturated heterocycles. The fraction of sp³-hybridized carbons (Fsp3) is 0.867. The van der Waals surface area contributed by atoms with Crippen LogP contribution in [0.25, 0.3) is 0 Å². The number of hydrogen-bond donors (Lipinski definition) is 1. The largest absolute Gasteiger partial charge is 0.384 e. The summed E-state index contributed by atoms with van der Waals surface area (Å²) in [5.41, 5.74) is 0. The van der Waals surface area contributed by atoms with E-state index in [-0.39, 0.29) is 11.8 Å². The minimum atomic E-state index is -0.942. The first kappa shape index (κ1) is 13.9. The van der Waals surface area contributed by atoms with Crippen LogP contribution in [0.15, 0.2) is 0 Å². The van der Waals surface area contributed by atoms with Crippen molar-refractivity contribution in [1.82, 2.24) is 9.80 Å². The number of amides is 2. The van der Waals surface area contributed by atoms with E-state index in [1.54, 1.807) is 4.90 Å². The van der Waals surface area contributed by atoms with Gasteiger partial charge in [0.1, 0.15) is 6.10 Å². The van der Waals surface area contributed by atoms with Crippen molar-refractivity contribution >= 4 is 11.8 Å². The van der Waals surface area contributed by atoms with Crippen LogP contribution in [-0.4, -0.2) is 59.0 Å². The first-order chi connectivity index (χ1) is 9.56. The van der Waals surface area contributed by atoms with E-state index >= 15 is 0 Å². The van der Waals surface area contributed by atoms with E-state index in [9.17, 15) is 14.7 Å². The van der Waals surface area contributed by atoms with E-state index in [1.165, 1.54) is 26.2 Å². The summed E-state index contributed by atoms with van der Waals surface area (Å²) in [5, 5.41) is 9.32. The Morgan fingerprint density at radius 2 is 1.70 bits per heavy atom. The van der Waals surface area contributed by atoms with E-state index in [2.05, 4.69) is 0 Å². The number of piperazine rings is 1. The van der Waals surface area contributed by atoms with Crippen molar-refractivity contribution in [3.63, 3.8) is 0 Å². The van der Waals surface area contributed by atoms with Crippen LogP contribution >= 0.6 is 0 Å². The van der Waals surface area contributed by atoms with Gasteiger partial charge in [0.2, 0.25) is 5.91 Å². The molecular weight excluding hydrogens is 256 g/mol. The monoisotopic (exact) mass is 280 g/mol. The van der Waals surface area contributed by atoms with Crippen molar-refractivity contribution in [3.05, 3.63) is 0 Å². The molecule has 2 amide bonds. The Balaban J connectivity index is 1.53. The first-order valence-electron chi connectivity index (χ1n) is 7.82. The quantitative estimate of drug-likeness (QED) is 0.800. The van der Waals surface area contributed by atoms with Crippen LogP contribution in [-0.2, 0) is 9.59 Å². The van der Waals surface area contributed by atoms with E-state index in [0.29, 0.717) is 38.0 Å². The van der Waals surface area contributed by atoms with Crippen LogP contribution in [0.1, 0.15) is 32.6 Å². The predicted molar refractivity (Wildman–Crippen MR) is 73.8 cm³/mol. The minimum Gasteiger partial charge on any atom is -0.384 e. The van der Waals surface area contributed by atoms with Gasteiger partial charge in [0.05, 0.1) is 0 Å². The zero-order valence-electron chi connectivity index (χ0n) is 12.1. The predicted octanol–water partition coefficient (Wildman–Crippen LogP) is 0.474. The number of carbonyl (C=O) groups excluding carboxylic acids is 2. The van der Waals surface area contributed by atoms with Gasteiger partial charge in [0.15, 0.2) is 0 Å². The maximum absolute atomic E-state index is 12.6. The zero-order valence-corrected chi connectivity index (χ0v) is 12.1. The van der Waals surface area contributed by atoms with Gasteiger partial charge >= 0.3 is 0 Å². The Morgan fingerprint density at radius 1 is 1.05 bits per heavy atom. The lowest BCUT2D eigenvalue weighted by molar-refractivity contribution is -0.146. The van der Waals surface area contributed by atoms with Gasteiger partial charge in [-0.2, -0.15) is 0 Å². The number of fused-ring (bicyclic) bond motifs is 2. The topological polar surface area (TPSA) is 60.9 Å². The van der Waals surface area contributed by atoms with Gasteiger partial charge in [0, 0.05) is 32.1 Å². The Bertz CT molecular complexity index is 402. The normalized spacial score (nSPS) is 34.4. The van der Waals surface area contributed by atoms with Crippen molar-refractivity contribution in [1.29, 1.82) is 0 Å². The summed E-state index contributed by atoms with van der Waals surface area (Å²) in [5.74, 6) is 1.72. The molecule has 0 aromatic carbocycles. The second-order valence-corrected chi connectivity index (χ2v) is 6.61. The fourth-order valence-electron chi connectivity index (χ4n) is 4.19. The van der Waals surface area contributed by atoms with E-state index in [1.807, 2.05) is 4.90 Å². The number of aliphatic hydroxyl groups is 1. The van der Waals surface area contributed by atoms with Crippen LogP contribution in [0.3, 0.4) is 0 Å². The summed E-state index contributed by atoms with van der Waals surface area (Å²) in [6.07, 6.45) is 3.92. The molecule has 4 atom stereocenters. The average Bonchev–Trinajstić information content (AvgIpc) is 3.08. The summed E-state index contributed by atoms with van der Waals surface area (Å²) in [6, 6.07) is 0. The highest BCUT2D eigenvalue weighted by molar-refractivity contribution is 5.82. The molecule has 1 heterocycles. The molecule has 3 fully saturated rings. The highest BCUT2D eigenvalue weighted by Crippen LogP contribution is 2.48. The van der Waals surface area contributed by atoms with Gasteiger partial charge in [-0.15, -0.1) is 0 Å². The summed E-state index contributed by atoms with van der Waals surface area (Å²) in [4.78, 5) is 27.9. The van der Waals surface area contributed by atoms with Crippen LogP contribution in [0.5, 0.6) is 0 Å². The number of rotatable bonds is 2. The molecule has 112 valence electrons. The highest BCUT2D eigenvalue weighted by atomic mass is 16.3. The number of hydrogen-bond acceptors (Lipinski definition) is 3. The molecule has 5 heteroatoms. The third-order valence-corrected chi connectivity index (χ3v) is 5.32. The van der Waals surface area contributed by atoms with Crippen LogP contribution in [0, 0.1) is 17.8 Å². The van der Waals surface area contributed by atoms with Gasteiger partial charge in [-0.1, -0.05) is 6.42 Å². The van der Waals surface area contributed by atoms with Crippen LogP contribution in [0.2, 0.25) is 0 Å². The molecule has 0 radical (unpaired) electrons. The molecule has 5 nitrogen and oxygen atoms in total. The maximum atomic E-state index is 12.6. The molecule has 20 heavy (non-hydrogen) atoms. The SMILES string of the molecule is CC(O)C(=O)N1CCN(C(=O)C2CC3CCC2C3)CC1. The summed E-state index contributed by atoms with van der Waals surface area (Å²) in [6.45, 7) is 3.83. The lowest BCUT2D eigenvalue weighted by atomic mass is 9.87. The number of carbonyl (C=O) groups is 2. The molecule has 1 N–H and O–H groups in total. The van der Waals surface area contributed by atoms with Crippen molar-refractivity contribution in [3.8, 4) is 0 Å². The third-order valence-electron chi connectivity index (χ3n) is 5.32. The van der Waals surface area contributed by atoms with E-state index < -0.39 is 6.10 Å². The average molecular weight is 280 g/mol. The molecule has 4 unspecified atom stereocenters. The smallest absolute Gasteiger partial charge is 0.251 e. The van der Waals surface area contributed by atoms with Crippen LogP contribution < -0.4 is 0 Å². The minimum absolute atomic E-state index is 0.225. The Labute approximate surface area is 119 Å². The maximum Gasteiger partial charge on any atom is 0.251 e. The van der Waals surface area contributed by atoms with Crippen LogP contribution in [0.4, 0.5) is 0 Å².